The second-order valence-electron chi connectivity index (χ2n) is 4.18. The minimum Gasteiger partial charge on any atom is -0.394 e. The lowest BCUT2D eigenvalue weighted by Gasteiger charge is -2.36. The van der Waals surface area contributed by atoms with Gasteiger partial charge in [0.05, 0.1) is 17.0 Å². The molecule has 0 amide bonds. The van der Waals surface area contributed by atoms with Crippen molar-refractivity contribution in [2.45, 2.75) is 6.04 Å². The minimum atomic E-state index is 0.117. The molecular weight excluding hydrogens is 244 g/mol. The Labute approximate surface area is 105 Å². The molecule has 1 aromatic rings. The molecule has 1 aromatic heterocycles. The van der Waals surface area contributed by atoms with Crippen molar-refractivity contribution in [2.75, 3.05) is 39.8 Å². The highest BCUT2D eigenvalue weighted by Crippen LogP contribution is 2.30. The molecule has 0 saturated carbocycles. The van der Waals surface area contributed by atoms with Crippen LogP contribution in [0.3, 0.4) is 0 Å². The molecule has 0 spiro atoms. The van der Waals surface area contributed by atoms with Gasteiger partial charge < -0.3 is 10.0 Å². The van der Waals surface area contributed by atoms with Gasteiger partial charge in [0.25, 0.3) is 0 Å². The average molecular weight is 261 g/mol. The van der Waals surface area contributed by atoms with Gasteiger partial charge in [-0.05, 0) is 19.2 Å². The number of hydrogen-bond acceptors (Lipinski definition) is 4. The van der Waals surface area contributed by atoms with Gasteiger partial charge in [0.2, 0.25) is 0 Å². The Morgan fingerprint density at radius 3 is 2.56 bits per heavy atom. The van der Waals surface area contributed by atoms with Crippen LogP contribution in [-0.4, -0.2) is 54.7 Å². The molecule has 1 N–H and O–H groups in total. The smallest absolute Gasteiger partial charge is 0.0931 e. The van der Waals surface area contributed by atoms with E-state index >= 15 is 0 Å². The Kier molecular flexibility index (Phi) is 4.21. The molecule has 0 radical (unpaired) electrons. The zero-order valence-corrected chi connectivity index (χ0v) is 11.0. The normalized spacial score (nSPS) is 21.2. The van der Waals surface area contributed by atoms with Crippen molar-refractivity contribution in [2.24, 2.45) is 0 Å². The Bertz CT molecular complexity index is 336. The summed E-state index contributed by atoms with van der Waals surface area (Å²) in [5.74, 6) is 0. The number of halogens is 1. The third kappa shape index (κ3) is 2.76. The molecule has 3 nitrogen and oxygen atoms in total. The Balaban J connectivity index is 2.05. The van der Waals surface area contributed by atoms with Gasteiger partial charge in [0.1, 0.15) is 0 Å². The second-order valence-corrected chi connectivity index (χ2v) is 5.93. The van der Waals surface area contributed by atoms with Crippen LogP contribution < -0.4 is 0 Å². The van der Waals surface area contributed by atoms with E-state index in [0.717, 1.165) is 35.4 Å². The summed E-state index contributed by atoms with van der Waals surface area (Å²) < 4.78 is 0.794. The zero-order chi connectivity index (χ0) is 11.5. The summed E-state index contributed by atoms with van der Waals surface area (Å²) in [5.41, 5.74) is 0. The Morgan fingerprint density at radius 2 is 2.06 bits per heavy atom. The third-order valence-electron chi connectivity index (χ3n) is 3.07. The molecule has 1 saturated heterocycles. The molecule has 0 aliphatic carbocycles. The summed E-state index contributed by atoms with van der Waals surface area (Å²) >= 11 is 7.50. The van der Waals surface area contributed by atoms with Crippen molar-refractivity contribution in [1.82, 2.24) is 9.80 Å². The average Bonchev–Trinajstić information content (AvgIpc) is 2.69. The summed E-state index contributed by atoms with van der Waals surface area (Å²) in [6.07, 6.45) is 0. The summed E-state index contributed by atoms with van der Waals surface area (Å²) in [4.78, 5) is 5.81. The molecule has 16 heavy (non-hydrogen) atoms. The molecule has 5 heteroatoms. The van der Waals surface area contributed by atoms with Gasteiger partial charge in [-0.2, -0.15) is 0 Å². The van der Waals surface area contributed by atoms with Crippen LogP contribution in [0.5, 0.6) is 0 Å². The Hall–Kier alpha value is -0.130. The number of thiophene rings is 1. The maximum absolute atomic E-state index is 9.52. The molecule has 0 aromatic carbocycles. The largest absolute Gasteiger partial charge is 0.394 e. The molecule has 2 rings (SSSR count). The van der Waals surface area contributed by atoms with Gasteiger partial charge >= 0.3 is 0 Å². The van der Waals surface area contributed by atoms with Crippen LogP contribution in [0.1, 0.15) is 10.9 Å². The van der Waals surface area contributed by atoms with Gasteiger partial charge in [-0.15, -0.1) is 11.3 Å². The molecule has 0 bridgehead atoms. The van der Waals surface area contributed by atoms with E-state index in [2.05, 4.69) is 16.8 Å². The number of likely N-dealkylation sites (N-methyl/N-ethyl adjacent to an activating group) is 1. The van der Waals surface area contributed by atoms with Gasteiger partial charge in [0.15, 0.2) is 0 Å². The van der Waals surface area contributed by atoms with Crippen LogP contribution in [0.25, 0.3) is 0 Å². The zero-order valence-electron chi connectivity index (χ0n) is 9.40. The predicted molar refractivity (Wildman–Crippen MR) is 68.2 cm³/mol. The molecule has 1 unspecified atom stereocenters. The van der Waals surface area contributed by atoms with E-state index in [-0.39, 0.29) is 12.6 Å². The van der Waals surface area contributed by atoms with E-state index in [1.54, 1.807) is 11.3 Å². The third-order valence-corrected chi connectivity index (χ3v) is 4.41. The molecule has 90 valence electrons. The standard InChI is InChI=1S/C11H17ClN2OS/c1-13-4-6-14(7-5-13)9(8-15)10-2-3-11(12)16-10/h2-3,9,15H,4-8H2,1H3. The van der Waals surface area contributed by atoms with E-state index in [0.29, 0.717) is 0 Å². The van der Waals surface area contributed by atoms with Gasteiger partial charge in [0, 0.05) is 31.1 Å². The van der Waals surface area contributed by atoms with Crippen molar-refractivity contribution in [1.29, 1.82) is 0 Å². The van der Waals surface area contributed by atoms with Crippen LogP contribution in [-0.2, 0) is 0 Å². The quantitative estimate of drug-likeness (QED) is 0.896. The van der Waals surface area contributed by atoms with Crippen molar-refractivity contribution >= 4 is 22.9 Å². The lowest BCUT2D eigenvalue weighted by Crippen LogP contribution is -2.46. The summed E-state index contributed by atoms with van der Waals surface area (Å²) in [7, 11) is 2.13. The minimum absolute atomic E-state index is 0.117. The first-order valence-electron chi connectivity index (χ1n) is 5.49. The second kappa shape index (κ2) is 5.47. The summed E-state index contributed by atoms with van der Waals surface area (Å²) in [6, 6.07) is 4.04. The highest BCUT2D eigenvalue weighted by atomic mass is 35.5. The monoisotopic (exact) mass is 260 g/mol. The van der Waals surface area contributed by atoms with Crippen molar-refractivity contribution < 1.29 is 5.11 Å². The van der Waals surface area contributed by atoms with Crippen LogP contribution in [0, 0.1) is 0 Å². The fraction of sp³-hybridized carbons (Fsp3) is 0.636. The molecule has 1 aliphatic heterocycles. The molecule has 2 heterocycles. The summed E-state index contributed by atoms with van der Waals surface area (Å²) in [5, 5.41) is 9.52. The molecule has 1 fully saturated rings. The first-order valence-corrected chi connectivity index (χ1v) is 6.69. The molecule has 1 atom stereocenters. The van der Waals surface area contributed by atoms with E-state index in [1.807, 2.05) is 12.1 Å². The van der Waals surface area contributed by atoms with Crippen LogP contribution >= 0.6 is 22.9 Å². The van der Waals surface area contributed by atoms with E-state index < -0.39 is 0 Å². The van der Waals surface area contributed by atoms with Crippen LogP contribution in [0.15, 0.2) is 12.1 Å². The highest BCUT2D eigenvalue weighted by Gasteiger charge is 2.24. The van der Waals surface area contributed by atoms with Gasteiger partial charge in [-0.3, -0.25) is 4.90 Å². The number of aliphatic hydroxyl groups excluding tert-OH is 1. The fourth-order valence-corrected chi connectivity index (χ4v) is 3.21. The van der Waals surface area contributed by atoms with E-state index in [9.17, 15) is 5.11 Å². The molecule has 1 aliphatic rings. The van der Waals surface area contributed by atoms with Crippen molar-refractivity contribution in [3.63, 3.8) is 0 Å². The summed E-state index contributed by atoms with van der Waals surface area (Å²) in [6.45, 7) is 4.32. The van der Waals surface area contributed by atoms with Gasteiger partial charge in [-0.1, -0.05) is 11.6 Å². The first-order chi connectivity index (χ1) is 7.70. The number of hydrogen-bond donors (Lipinski definition) is 1. The van der Waals surface area contributed by atoms with Gasteiger partial charge in [-0.25, -0.2) is 0 Å². The number of aliphatic hydroxyl groups is 1. The van der Waals surface area contributed by atoms with Crippen LogP contribution in [0.2, 0.25) is 4.34 Å². The number of rotatable bonds is 3. The Morgan fingerprint density at radius 1 is 1.38 bits per heavy atom. The number of nitrogens with zero attached hydrogens (tertiary/aromatic N) is 2. The molecular formula is C11H17ClN2OS. The van der Waals surface area contributed by atoms with E-state index in [4.69, 9.17) is 11.6 Å². The topological polar surface area (TPSA) is 26.7 Å². The number of piperazine rings is 1. The lowest BCUT2D eigenvalue weighted by atomic mass is 10.2. The highest BCUT2D eigenvalue weighted by molar-refractivity contribution is 7.16. The van der Waals surface area contributed by atoms with Crippen LogP contribution in [0.4, 0.5) is 0 Å². The van der Waals surface area contributed by atoms with Crippen molar-refractivity contribution in [3.8, 4) is 0 Å². The lowest BCUT2D eigenvalue weighted by molar-refractivity contribution is 0.0765. The predicted octanol–water partition coefficient (Wildman–Crippen LogP) is 1.68. The fourth-order valence-electron chi connectivity index (χ4n) is 2.03. The maximum Gasteiger partial charge on any atom is 0.0931 e. The maximum atomic E-state index is 9.52. The van der Waals surface area contributed by atoms with Crippen molar-refractivity contribution in [3.05, 3.63) is 21.3 Å². The SMILES string of the molecule is CN1CCN(C(CO)c2ccc(Cl)s2)CC1. The first kappa shape index (κ1) is 12.3. The van der Waals surface area contributed by atoms with E-state index in [1.165, 1.54) is 0 Å².